The van der Waals surface area contributed by atoms with Crippen LogP contribution in [0.1, 0.15) is 16.7 Å². The molecule has 0 fully saturated rings. The minimum absolute atomic E-state index is 0.234. The van der Waals surface area contributed by atoms with E-state index in [1.54, 1.807) is 24.3 Å². The molecule has 0 radical (unpaired) electrons. The molecule has 0 aliphatic rings. The van der Waals surface area contributed by atoms with Crippen molar-refractivity contribution in [3.8, 4) is 5.75 Å². The van der Waals surface area contributed by atoms with Gasteiger partial charge < -0.3 is 5.11 Å². The number of benzene rings is 3. The third-order valence-corrected chi connectivity index (χ3v) is 3.44. The van der Waals surface area contributed by atoms with E-state index in [2.05, 4.69) is 0 Å². The van der Waals surface area contributed by atoms with Crippen molar-refractivity contribution in [1.82, 2.24) is 0 Å². The number of aromatic hydroxyl groups is 1. The maximum Gasteiger partial charge on any atom is 0.123 e. The highest BCUT2D eigenvalue weighted by Crippen LogP contribution is 2.27. The first-order valence-corrected chi connectivity index (χ1v) is 7.04. The van der Waals surface area contributed by atoms with E-state index < -0.39 is 0 Å². The van der Waals surface area contributed by atoms with Gasteiger partial charge in [0, 0.05) is 0 Å². The summed E-state index contributed by atoms with van der Waals surface area (Å²) in [6, 6.07) is 23.5. The monoisotopic (exact) mass is 290 g/mol. The van der Waals surface area contributed by atoms with E-state index in [1.165, 1.54) is 12.1 Å². The van der Waals surface area contributed by atoms with Crippen LogP contribution in [0.2, 0.25) is 0 Å². The molecule has 1 N–H and O–H groups in total. The smallest absolute Gasteiger partial charge is 0.123 e. The van der Waals surface area contributed by atoms with E-state index in [-0.39, 0.29) is 11.6 Å². The Balaban J connectivity index is 2.10. The lowest BCUT2D eigenvalue weighted by Gasteiger charge is -2.09. The van der Waals surface area contributed by atoms with Gasteiger partial charge in [-0.1, -0.05) is 54.6 Å². The molecule has 0 saturated heterocycles. The van der Waals surface area contributed by atoms with Crippen molar-refractivity contribution < 1.29 is 9.50 Å². The number of rotatable bonds is 3. The van der Waals surface area contributed by atoms with Gasteiger partial charge in [-0.05, 0) is 52.6 Å². The predicted octanol–water partition coefficient (Wildman–Crippen LogP) is 5.12. The molecule has 0 aliphatic carbocycles. The molecule has 0 amide bonds. The van der Waals surface area contributed by atoms with Gasteiger partial charge in [0.15, 0.2) is 0 Å². The summed E-state index contributed by atoms with van der Waals surface area (Å²) in [5.74, 6) is -0.0130. The van der Waals surface area contributed by atoms with Crippen LogP contribution in [0.15, 0.2) is 78.9 Å². The molecule has 0 bridgehead atoms. The molecule has 2 heteroatoms. The molecule has 3 aromatic rings. The zero-order valence-electron chi connectivity index (χ0n) is 11.9. The standard InChI is InChI=1S/C20H15FO/c21-18-10-6-15(7-11-18)14-20(16-4-2-1-3-5-16)17-8-12-19(22)13-9-17/h1-14,22H/b20-14+. The quantitative estimate of drug-likeness (QED) is 0.664. The molecule has 0 atom stereocenters. The number of hydrogen-bond donors (Lipinski definition) is 1. The van der Waals surface area contributed by atoms with E-state index in [4.69, 9.17) is 0 Å². The second-order valence-corrected chi connectivity index (χ2v) is 5.02. The summed E-state index contributed by atoms with van der Waals surface area (Å²) >= 11 is 0. The Morgan fingerprint density at radius 2 is 1.32 bits per heavy atom. The van der Waals surface area contributed by atoms with Gasteiger partial charge in [0.25, 0.3) is 0 Å². The van der Waals surface area contributed by atoms with E-state index in [0.29, 0.717) is 0 Å². The highest BCUT2D eigenvalue weighted by Gasteiger charge is 2.05. The number of phenolic OH excluding ortho intramolecular Hbond substituents is 1. The summed E-state index contributed by atoms with van der Waals surface area (Å²) < 4.78 is 13.1. The third-order valence-electron chi connectivity index (χ3n) is 3.44. The first kappa shape index (κ1) is 14.1. The summed E-state index contributed by atoms with van der Waals surface area (Å²) in [5.41, 5.74) is 4.01. The normalized spacial score (nSPS) is 11.4. The van der Waals surface area contributed by atoms with Crippen molar-refractivity contribution in [3.63, 3.8) is 0 Å². The van der Waals surface area contributed by atoms with Gasteiger partial charge in [0.05, 0.1) is 0 Å². The third kappa shape index (κ3) is 3.23. The van der Waals surface area contributed by atoms with Crippen molar-refractivity contribution in [1.29, 1.82) is 0 Å². The van der Waals surface area contributed by atoms with Crippen LogP contribution in [-0.4, -0.2) is 5.11 Å². The largest absolute Gasteiger partial charge is 0.508 e. The van der Waals surface area contributed by atoms with Crippen LogP contribution in [0.25, 0.3) is 11.6 Å². The minimum Gasteiger partial charge on any atom is -0.508 e. The van der Waals surface area contributed by atoms with Crippen LogP contribution < -0.4 is 0 Å². The SMILES string of the molecule is Oc1ccc(/C(=C/c2ccc(F)cc2)c2ccccc2)cc1. The highest BCUT2D eigenvalue weighted by molar-refractivity contribution is 5.91. The van der Waals surface area contributed by atoms with Gasteiger partial charge in [-0.25, -0.2) is 4.39 Å². The Morgan fingerprint density at radius 1 is 0.727 bits per heavy atom. The Labute approximate surface area is 129 Å². The topological polar surface area (TPSA) is 20.2 Å². The van der Waals surface area contributed by atoms with Crippen molar-refractivity contribution in [2.75, 3.05) is 0 Å². The van der Waals surface area contributed by atoms with Gasteiger partial charge in [0.2, 0.25) is 0 Å². The average molecular weight is 290 g/mol. The molecule has 3 rings (SSSR count). The lowest BCUT2D eigenvalue weighted by atomic mass is 9.95. The van der Waals surface area contributed by atoms with Crippen LogP contribution in [0.3, 0.4) is 0 Å². The average Bonchev–Trinajstić information content (AvgIpc) is 2.56. The van der Waals surface area contributed by atoms with Crippen molar-refractivity contribution in [2.45, 2.75) is 0 Å². The van der Waals surface area contributed by atoms with Gasteiger partial charge in [0.1, 0.15) is 11.6 Å². The van der Waals surface area contributed by atoms with E-state index in [1.807, 2.05) is 48.5 Å². The van der Waals surface area contributed by atoms with Gasteiger partial charge in [-0.3, -0.25) is 0 Å². The maximum absolute atomic E-state index is 13.1. The first-order chi connectivity index (χ1) is 10.7. The molecule has 1 nitrogen and oxygen atoms in total. The summed E-state index contributed by atoms with van der Waals surface area (Å²) in [5, 5.41) is 9.47. The second-order valence-electron chi connectivity index (χ2n) is 5.02. The van der Waals surface area contributed by atoms with Gasteiger partial charge in [-0.2, -0.15) is 0 Å². The van der Waals surface area contributed by atoms with Crippen LogP contribution in [-0.2, 0) is 0 Å². The fourth-order valence-corrected chi connectivity index (χ4v) is 2.32. The highest BCUT2D eigenvalue weighted by atomic mass is 19.1. The lowest BCUT2D eigenvalue weighted by molar-refractivity contribution is 0.475. The lowest BCUT2D eigenvalue weighted by Crippen LogP contribution is -1.88. The molecular weight excluding hydrogens is 275 g/mol. The molecule has 0 aliphatic heterocycles. The number of halogens is 1. The van der Waals surface area contributed by atoms with Gasteiger partial charge in [-0.15, -0.1) is 0 Å². The van der Waals surface area contributed by atoms with Crippen molar-refractivity contribution >= 4 is 11.6 Å². The summed E-state index contributed by atoms with van der Waals surface area (Å²) in [7, 11) is 0. The summed E-state index contributed by atoms with van der Waals surface area (Å²) in [6.45, 7) is 0. The van der Waals surface area contributed by atoms with Crippen LogP contribution >= 0.6 is 0 Å². The van der Waals surface area contributed by atoms with E-state index in [0.717, 1.165) is 22.3 Å². The minimum atomic E-state index is -0.247. The molecule has 22 heavy (non-hydrogen) atoms. The van der Waals surface area contributed by atoms with Crippen molar-refractivity contribution in [2.24, 2.45) is 0 Å². The molecule has 108 valence electrons. The van der Waals surface area contributed by atoms with E-state index >= 15 is 0 Å². The van der Waals surface area contributed by atoms with Crippen LogP contribution in [0.4, 0.5) is 4.39 Å². The van der Waals surface area contributed by atoms with Crippen LogP contribution in [0, 0.1) is 5.82 Å². The van der Waals surface area contributed by atoms with Crippen LogP contribution in [0.5, 0.6) is 5.75 Å². The van der Waals surface area contributed by atoms with Crippen molar-refractivity contribution in [3.05, 3.63) is 101 Å². The second kappa shape index (κ2) is 6.27. The zero-order chi connectivity index (χ0) is 15.4. The predicted molar refractivity (Wildman–Crippen MR) is 87.9 cm³/mol. The molecule has 0 heterocycles. The molecule has 0 spiro atoms. The number of hydrogen-bond acceptors (Lipinski definition) is 1. The number of phenols is 1. The maximum atomic E-state index is 13.1. The Morgan fingerprint density at radius 3 is 1.95 bits per heavy atom. The fourth-order valence-electron chi connectivity index (χ4n) is 2.32. The zero-order valence-corrected chi connectivity index (χ0v) is 11.9. The molecule has 0 unspecified atom stereocenters. The molecule has 3 aromatic carbocycles. The summed E-state index contributed by atoms with van der Waals surface area (Å²) in [4.78, 5) is 0. The Kier molecular flexibility index (Phi) is 4.01. The first-order valence-electron chi connectivity index (χ1n) is 7.04. The Hall–Kier alpha value is -2.87. The van der Waals surface area contributed by atoms with Gasteiger partial charge >= 0.3 is 0 Å². The molecule has 0 saturated carbocycles. The molecule has 0 aromatic heterocycles. The van der Waals surface area contributed by atoms with E-state index in [9.17, 15) is 9.50 Å². The summed E-state index contributed by atoms with van der Waals surface area (Å²) in [6.07, 6.45) is 2.02. The fraction of sp³-hybridized carbons (Fsp3) is 0. The Bertz CT molecular complexity index is 772. The molecular formula is C20H15FO.